The van der Waals surface area contributed by atoms with Gasteiger partial charge in [0.25, 0.3) is 0 Å². The monoisotopic (exact) mass is 892 g/mol. The lowest BCUT2D eigenvalue weighted by atomic mass is 10.2. The van der Waals surface area contributed by atoms with Crippen LogP contribution in [-0.2, 0) is 38.0 Å². The van der Waals surface area contributed by atoms with E-state index in [0.717, 1.165) is 12.8 Å². The molecule has 0 heterocycles. The van der Waals surface area contributed by atoms with Gasteiger partial charge in [0, 0.05) is 24.2 Å². The van der Waals surface area contributed by atoms with Crippen molar-refractivity contribution < 1.29 is 66.5 Å². The van der Waals surface area contributed by atoms with E-state index in [-0.39, 0.29) is 52.9 Å². The standard InChI is InChI=1S/C48H64N2O14/c1-37(2)45(51)59-27-15-7-13-25-49-47(53)63-43(35-61-39-17-9-5-10-18-39)33-55-29-31-57-41-21-23-42(24-22-41)58-32-30-56-34-44(36-62-40-19-11-6-12-20-40)64-48(54)50-26-14-8-16-28-60-46(52)38(3)4/h5-6,9-12,17-24,43-44H,1,3,7-8,13-16,25-36H2,2,4H3,(H,49,53)(H,50,54). The van der Waals surface area contributed by atoms with Crippen molar-refractivity contribution in [2.24, 2.45) is 0 Å². The summed E-state index contributed by atoms with van der Waals surface area (Å²) in [5, 5.41) is 5.48. The van der Waals surface area contributed by atoms with Gasteiger partial charge in [0.15, 0.2) is 12.2 Å². The minimum absolute atomic E-state index is 0.0890. The number of amides is 2. The summed E-state index contributed by atoms with van der Waals surface area (Å²) in [4.78, 5) is 48.0. The third-order valence-electron chi connectivity index (χ3n) is 8.67. The molecule has 0 saturated carbocycles. The maximum absolute atomic E-state index is 12.5. The summed E-state index contributed by atoms with van der Waals surface area (Å²) in [5.41, 5.74) is 0.719. The average Bonchev–Trinajstić information content (AvgIpc) is 3.29. The Morgan fingerprint density at radius 1 is 0.453 bits per heavy atom. The molecule has 16 nitrogen and oxygen atoms in total. The van der Waals surface area contributed by atoms with E-state index in [1.54, 1.807) is 38.1 Å². The molecule has 0 spiro atoms. The van der Waals surface area contributed by atoms with Crippen LogP contribution < -0.4 is 29.6 Å². The Labute approximate surface area is 376 Å². The molecule has 16 heteroatoms. The van der Waals surface area contributed by atoms with Crippen LogP contribution in [0.15, 0.2) is 109 Å². The van der Waals surface area contributed by atoms with Gasteiger partial charge in [-0.1, -0.05) is 49.6 Å². The molecule has 0 bridgehead atoms. The number of esters is 2. The molecular formula is C48H64N2O14. The number of nitrogens with one attached hydrogen (secondary N) is 2. The van der Waals surface area contributed by atoms with Crippen LogP contribution in [-0.4, -0.2) is 115 Å². The molecule has 2 atom stereocenters. The molecule has 0 aromatic heterocycles. The van der Waals surface area contributed by atoms with Gasteiger partial charge in [0.05, 0.1) is 39.6 Å². The first kappa shape index (κ1) is 52.1. The molecule has 3 aromatic carbocycles. The van der Waals surface area contributed by atoms with Crippen molar-refractivity contribution in [3.05, 3.63) is 109 Å². The van der Waals surface area contributed by atoms with Crippen molar-refractivity contribution in [1.29, 1.82) is 0 Å². The lowest BCUT2D eigenvalue weighted by Crippen LogP contribution is -2.35. The van der Waals surface area contributed by atoms with E-state index in [1.165, 1.54) is 0 Å². The topological polar surface area (TPSA) is 185 Å². The molecule has 0 aliphatic rings. The highest BCUT2D eigenvalue weighted by Gasteiger charge is 2.18. The van der Waals surface area contributed by atoms with Crippen LogP contribution in [0.4, 0.5) is 9.59 Å². The van der Waals surface area contributed by atoms with Gasteiger partial charge < -0.3 is 58.0 Å². The number of carbonyl (C=O) groups excluding carboxylic acids is 4. The number of para-hydroxylation sites is 2. The van der Waals surface area contributed by atoms with Crippen LogP contribution in [0.1, 0.15) is 52.4 Å². The molecule has 0 radical (unpaired) electrons. The van der Waals surface area contributed by atoms with Crippen LogP contribution in [0, 0.1) is 0 Å². The van der Waals surface area contributed by atoms with Gasteiger partial charge in [-0.15, -0.1) is 0 Å². The summed E-state index contributed by atoms with van der Waals surface area (Å²) < 4.78 is 56.2. The van der Waals surface area contributed by atoms with Gasteiger partial charge in [-0.25, -0.2) is 19.2 Å². The van der Waals surface area contributed by atoms with Gasteiger partial charge in [-0.05, 0) is 101 Å². The van der Waals surface area contributed by atoms with Crippen molar-refractivity contribution in [3.8, 4) is 23.0 Å². The van der Waals surface area contributed by atoms with Crippen molar-refractivity contribution in [1.82, 2.24) is 10.6 Å². The number of benzene rings is 3. The fourth-order valence-electron chi connectivity index (χ4n) is 5.29. The first-order valence-electron chi connectivity index (χ1n) is 21.5. The summed E-state index contributed by atoms with van der Waals surface area (Å²) in [6.45, 7) is 13.0. The van der Waals surface area contributed by atoms with Gasteiger partial charge in [-0.3, -0.25) is 0 Å². The molecule has 2 N–H and O–H groups in total. The predicted octanol–water partition coefficient (Wildman–Crippen LogP) is 7.40. The summed E-state index contributed by atoms with van der Waals surface area (Å²) >= 11 is 0. The van der Waals surface area contributed by atoms with Gasteiger partial charge in [-0.2, -0.15) is 0 Å². The summed E-state index contributed by atoms with van der Waals surface area (Å²) in [5.74, 6) is 1.68. The molecule has 0 aliphatic heterocycles. The highest BCUT2D eigenvalue weighted by atomic mass is 16.6. The third kappa shape index (κ3) is 25.0. The first-order valence-corrected chi connectivity index (χ1v) is 21.5. The smallest absolute Gasteiger partial charge is 0.407 e. The van der Waals surface area contributed by atoms with Crippen LogP contribution in [0.2, 0.25) is 0 Å². The Hall–Kier alpha value is -6.26. The molecule has 2 unspecified atom stereocenters. The second-order valence-corrected chi connectivity index (χ2v) is 14.4. The number of hydrogen-bond acceptors (Lipinski definition) is 14. The Balaban J connectivity index is 1.32. The van der Waals surface area contributed by atoms with Crippen LogP contribution in [0.3, 0.4) is 0 Å². The molecule has 3 rings (SSSR count). The lowest BCUT2D eigenvalue weighted by molar-refractivity contribution is -0.139. The van der Waals surface area contributed by atoms with Crippen molar-refractivity contribution in [2.45, 2.75) is 64.6 Å². The predicted molar refractivity (Wildman–Crippen MR) is 239 cm³/mol. The SMILES string of the molecule is C=C(C)C(=O)OCCCCCNC(=O)OC(COCCOc1ccc(OCCOCC(COc2ccccc2)OC(=O)NCCCCCOC(=O)C(=C)C)cc1)COc1ccccc1. The Morgan fingerprint density at radius 3 is 1.20 bits per heavy atom. The average molecular weight is 893 g/mol. The Morgan fingerprint density at radius 2 is 0.828 bits per heavy atom. The van der Waals surface area contributed by atoms with Crippen molar-refractivity contribution in [3.63, 3.8) is 0 Å². The van der Waals surface area contributed by atoms with Crippen molar-refractivity contribution in [2.75, 3.05) is 79.2 Å². The quantitative estimate of drug-likeness (QED) is 0.0262. The molecule has 3 aromatic rings. The van der Waals surface area contributed by atoms with Crippen molar-refractivity contribution >= 4 is 24.1 Å². The molecule has 2 amide bonds. The van der Waals surface area contributed by atoms with Gasteiger partial charge in [0.1, 0.15) is 49.4 Å². The zero-order valence-electron chi connectivity index (χ0n) is 37.1. The fraction of sp³-hybridized carbons (Fsp3) is 0.458. The molecule has 64 heavy (non-hydrogen) atoms. The molecule has 350 valence electrons. The van der Waals surface area contributed by atoms with Crippen LogP contribution in [0.25, 0.3) is 0 Å². The number of alkyl carbamates (subject to hydrolysis) is 2. The molecule has 0 fully saturated rings. The van der Waals surface area contributed by atoms with E-state index in [2.05, 4.69) is 23.8 Å². The highest BCUT2D eigenvalue weighted by molar-refractivity contribution is 5.87. The molecule has 0 aliphatic carbocycles. The maximum Gasteiger partial charge on any atom is 0.407 e. The van der Waals surface area contributed by atoms with E-state index in [9.17, 15) is 19.2 Å². The third-order valence-corrected chi connectivity index (χ3v) is 8.67. The number of hydrogen-bond donors (Lipinski definition) is 2. The number of unbranched alkanes of at least 4 members (excludes halogenated alkanes) is 4. The zero-order valence-corrected chi connectivity index (χ0v) is 37.1. The summed E-state index contributed by atoms with van der Waals surface area (Å²) in [6.07, 6.45) is 1.72. The van der Waals surface area contributed by atoms with Crippen LogP contribution >= 0.6 is 0 Å². The number of rotatable bonds is 34. The van der Waals surface area contributed by atoms with Gasteiger partial charge in [0.2, 0.25) is 0 Å². The van der Waals surface area contributed by atoms with E-state index < -0.39 is 36.3 Å². The van der Waals surface area contributed by atoms with Crippen LogP contribution in [0.5, 0.6) is 23.0 Å². The lowest BCUT2D eigenvalue weighted by Gasteiger charge is -2.19. The Bertz CT molecular complexity index is 1660. The molecular weight excluding hydrogens is 829 g/mol. The number of carbonyl (C=O) groups is 4. The van der Waals surface area contributed by atoms with E-state index in [4.69, 9.17) is 47.4 Å². The second kappa shape index (κ2) is 32.4. The van der Waals surface area contributed by atoms with E-state index in [0.29, 0.717) is 86.1 Å². The summed E-state index contributed by atoms with van der Waals surface area (Å²) in [7, 11) is 0. The van der Waals surface area contributed by atoms with E-state index >= 15 is 0 Å². The fourth-order valence-corrected chi connectivity index (χ4v) is 5.29. The maximum atomic E-state index is 12.5. The number of ether oxygens (including phenoxy) is 10. The first-order chi connectivity index (χ1) is 31.1. The second-order valence-electron chi connectivity index (χ2n) is 14.4. The van der Waals surface area contributed by atoms with E-state index in [1.807, 2.05) is 60.7 Å². The normalized spacial score (nSPS) is 11.5. The minimum Gasteiger partial charge on any atom is -0.491 e. The Kier molecular flexibility index (Phi) is 26.4. The largest absolute Gasteiger partial charge is 0.491 e. The minimum atomic E-state index is -0.678. The molecule has 0 saturated heterocycles. The highest BCUT2D eigenvalue weighted by Crippen LogP contribution is 2.18. The zero-order chi connectivity index (χ0) is 46.0. The van der Waals surface area contributed by atoms with Gasteiger partial charge >= 0.3 is 24.1 Å². The summed E-state index contributed by atoms with van der Waals surface area (Å²) in [6, 6.07) is 25.5.